The van der Waals surface area contributed by atoms with Gasteiger partial charge in [0, 0.05) is 10.6 Å². The molecule has 5 aromatic rings. The van der Waals surface area contributed by atoms with Crippen LogP contribution in [-0.2, 0) is 9.59 Å². The summed E-state index contributed by atoms with van der Waals surface area (Å²) >= 11 is 52.7. The molecule has 1 heterocycles. The summed E-state index contributed by atoms with van der Waals surface area (Å²) in [5.41, 5.74) is 6.25. The molecule has 0 aromatic heterocycles. The van der Waals surface area contributed by atoms with Crippen molar-refractivity contribution in [2.24, 2.45) is 4.99 Å². The summed E-state index contributed by atoms with van der Waals surface area (Å²) in [6.45, 7) is 5.76. The molecule has 0 radical (unpaired) electrons. The molecule has 0 aliphatic carbocycles. The number of amidine groups is 1. The first-order chi connectivity index (χ1) is 27.7. The number of hydrazine groups is 1. The monoisotopic (exact) mass is 957 g/mol. The number of ether oxygens (including phenoxy) is 2. The number of thioether (sulfide) groups is 1. The molecule has 2 unspecified atom stereocenters. The molecule has 6 rings (SSSR count). The number of nitrogens with one attached hydrogen (secondary N) is 3. The Bertz CT molecular complexity index is 2390. The van der Waals surface area contributed by atoms with E-state index in [4.69, 9.17) is 107 Å². The zero-order valence-corrected chi connectivity index (χ0v) is 37.4. The van der Waals surface area contributed by atoms with Crippen molar-refractivity contribution in [2.45, 2.75) is 43.4 Å². The molecule has 1 aliphatic rings. The lowest BCUT2D eigenvalue weighted by atomic mass is 10.1. The molecule has 58 heavy (non-hydrogen) atoms. The SMILES string of the molecule is CCC(Oc1ccc(C)cc1C)C(=O)Nc1ccccc1SC1C(=O)N(c2c(Cl)c(Cl)c(Cl)c(Cl)c2Cl)NC1=Nc1cc(NCOc2c(Cl)cccc2Cl)ccc1Cl. The highest BCUT2D eigenvalue weighted by Crippen LogP contribution is 2.49. The smallest absolute Gasteiger partial charge is 0.267 e. The molecule has 2 atom stereocenters. The summed E-state index contributed by atoms with van der Waals surface area (Å²) < 4.78 is 11.9. The number of anilines is 3. The van der Waals surface area contributed by atoms with Crippen molar-refractivity contribution in [3.05, 3.63) is 130 Å². The number of amides is 2. The second kappa shape index (κ2) is 19.3. The van der Waals surface area contributed by atoms with Gasteiger partial charge in [0.05, 0.1) is 51.6 Å². The highest BCUT2D eigenvalue weighted by molar-refractivity contribution is 8.01. The minimum Gasteiger partial charge on any atom is -0.480 e. The number of para-hydroxylation sites is 2. The zero-order valence-electron chi connectivity index (χ0n) is 30.5. The molecule has 5 aromatic carbocycles. The lowest BCUT2D eigenvalue weighted by molar-refractivity contribution is -0.122. The average molecular weight is 961 g/mol. The molecule has 302 valence electrons. The number of nitrogens with zero attached hydrogens (tertiary/aromatic N) is 2. The first kappa shape index (κ1) is 44.1. The third-order valence-corrected chi connectivity index (χ3v) is 13.0. The predicted octanol–water partition coefficient (Wildman–Crippen LogP) is 13.5. The van der Waals surface area contributed by atoms with Gasteiger partial charge in [-0.25, -0.2) is 10.0 Å². The van der Waals surface area contributed by atoms with Crippen LogP contribution in [0.1, 0.15) is 24.5 Å². The van der Waals surface area contributed by atoms with Gasteiger partial charge in [0.15, 0.2) is 18.6 Å². The van der Waals surface area contributed by atoms with Crippen LogP contribution in [0.3, 0.4) is 0 Å². The fraction of sp³-hybridized carbons (Fsp3) is 0.175. The maximum atomic E-state index is 14.5. The van der Waals surface area contributed by atoms with Crippen LogP contribution in [-0.4, -0.2) is 35.7 Å². The van der Waals surface area contributed by atoms with Crippen LogP contribution in [0.25, 0.3) is 0 Å². The molecule has 0 saturated carbocycles. The van der Waals surface area contributed by atoms with Crippen molar-refractivity contribution >= 4 is 145 Å². The fourth-order valence-electron chi connectivity index (χ4n) is 5.68. The Kier molecular flexibility index (Phi) is 14.7. The number of rotatable bonds is 13. The normalized spacial score (nSPS) is 15.0. The fourth-order valence-corrected chi connectivity index (χ4v) is 8.72. The minimum absolute atomic E-state index is 0.00374. The van der Waals surface area contributed by atoms with E-state index < -0.39 is 17.3 Å². The Morgan fingerprint density at radius 2 is 1.52 bits per heavy atom. The molecule has 1 saturated heterocycles. The van der Waals surface area contributed by atoms with Crippen LogP contribution in [0.5, 0.6) is 11.5 Å². The Morgan fingerprint density at radius 1 is 0.845 bits per heavy atom. The maximum absolute atomic E-state index is 14.5. The quantitative estimate of drug-likeness (QED) is 0.0613. The molecule has 1 fully saturated rings. The predicted molar refractivity (Wildman–Crippen MR) is 242 cm³/mol. The highest BCUT2D eigenvalue weighted by Gasteiger charge is 2.42. The Labute approximate surface area is 379 Å². The largest absolute Gasteiger partial charge is 0.480 e. The van der Waals surface area contributed by atoms with Gasteiger partial charge in [-0.1, -0.05) is 136 Å². The third kappa shape index (κ3) is 9.78. The standard InChI is InChI=1S/C40H31Cl8N5O4S/c1-4-27(57-28-15-12-19(2)16-20(28)3)39(54)51-25-10-5-6-11-29(25)58-37-38(52-53(40(37)55)35-33(47)31(45)30(44)32(46)34(35)48)50-26-17-21(13-14-22(26)41)49-18-56-36-23(42)8-7-9-24(36)43/h5-17,27,37,49H,4,18H2,1-3H3,(H,50,52)(H,51,54). The van der Waals surface area contributed by atoms with Crippen molar-refractivity contribution in [3.8, 4) is 11.5 Å². The summed E-state index contributed by atoms with van der Waals surface area (Å²) in [5.74, 6) is 0.130. The minimum atomic E-state index is -1.08. The number of aliphatic imine (C=N–C) groups is 1. The molecule has 9 nitrogen and oxygen atoms in total. The number of carbonyl (C=O) groups excluding carboxylic acids is 2. The van der Waals surface area contributed by atoms with Crippen LogP contribution in [0.2, 0.25) is 40.2 Å². The van der Waals surface area contributed by atoms with Gasteiger partial charge in [0.1, 0.15) is 22.5 Å². The topological polar surface area (TPSA) is 104 Å². The van der Waals surface area contributed by atoms with Gasteiger partial charge < -0.3 is 20.1 Å². The number of benzene rings is 5. The molecule has 0 spiro atoms. The van der Waals surface area contributed by atoms with E-state index in [1.807, 2.05) is 39.0 Å². The second-order valence-corrected chi connectivity index (χ2v) is 16.9. The summed E-state index contributed by atoms with van der Waals surface area (Å²) in [7, 11) is 0. The van der Waals surface area contributed by atoms with E-state index in [9.17, 15) is 9.59 Å². The van der Waals surface area contributed by atoms with Crippen LogP contribution < -0.4 is 30.5 Å². The maximum Gasteiger partial charge on any atom is 0.267 e. The van der Waals surface area contributed by atoms with Crippen molar-refractivity contribution < 1.29 is 19.1 Å². The van der Waals surface area contributed by atoms with Crippen molar-refractivity contribution in [2.75, 3.05) is 22.4 Å². The first-order valence-corrected chi connectivity index (χ1v) is 21.2. The van der Waals surface area contributed by atoms with E-state index in [0.29, 0.717) is 44.2 Å². The van der Waals surface area contributed by atoms with Gasteiger partial charge >= 0.3 is 0 Å². The zero-order chi connectivity index (χ0) is 41.8. The second-order valence-electron chi connectivity index (χ2n) is 12.7. The van der Waals surface area contributed by atoms with Gasteiger partial charge in [-0.3, -0.25) is 15.0 Å². The van der Waals surface area contributed by atoms with Gasteiger partial charge in [0.25, 0.3) is 11.8 Å². The Morgan fingerprint density at radius 3 is 2.19 bits per heavy atom. The molecule has 18 heteroatoms. The summed E-state index contributed by atoms with van der Waals surface area (Å²) in [5, 5.41) is 6.54. The van der Waals surface area contributed by atoms with Gasteiger partial charge in [-0.15, -0.1) is 11.8 Å². The number of carbonyl (C=O) groups is 2. The Hall–Kier alpha value is -3.42. The molecule has 1 aliphatic heterocycles. The number of aryl methyl sites for hydroxylation is 2. The summed E-state index contributed by atoms with van der Waals surface area (Å²) in [6, 6.07) is 22.8. The van der Waals surface area contributed by atoms with E-state index in [1.54, 1.807) is 60.7 Å². The van der Waals surface area contributed by atoms with E-state index in [-0.39, 0.29) is 60.0 Å². The number of hydrogen-bond acceptors (Lipinski definition) is 7. The van der Waals surface area contributed by atoms with E-state index in [1.165, 1.54) is 0 Å². The summed E-state index contributed by atoms with van der Waals surface area (Å²) in [6.07, 6.45) is -0.409. The average Bonchev–Trinajstić information content (AvgIpc) is 3.48. The lowest BCUT2D eigenvalue weighted by Crippen LogP contribution is -2.36. The van der Waals surface area contributed by atoms with E-state index in [2.05, 4.69) is 16.1 Å². The highest BCUT2D eigenvalue weighted by atomic mass is 35.5. The molecular weight excluding hydrogens is 930 g/mol. The first-order valence-electron chi connectivity index (χ1n) is 17.3. The third-order valence-electron chi connectivity index (χ3n) is 8.58. The van der Waals surface area contributed by atoms with Gasteiger partial charge in [-0.2, -0.15) is 0 Å². The van der Waals surface area contributed by atoms with Gasteiger partial charge in [0.2, 0.25) is 0 Å². The molecular formula is C40H31Cl8N5O4S. The summed E-state index contributed by atoms with van der Waals surface area (Å²) in [4.78, 5) is 33.5. The molecule has 2 amide bonds. The van der Waals surface area contributed by atoms with Crippen molar-refractivity contribution in [1.29, 1.82) is 0 Å². The number of halogens is 8. The molecule has 0 bridgehead atoms. The van der Waals surface area contributed by atoms with Crippen LogP contribution in [0.4, 0.5) is 22.7 Å². The van der Waals surface area contributed by atoms with Crippen LogP contribution >= 0.6 is 105 Å². The van der Waals surface area contributed by atoms with E-state index >= 15 is 0 Å². The Balaban J connectivity index is 1.33. The van der Waals surface area contributed by atoms with Crippen LogP contribution in [0.15, 0.2) is 88.8 Å². The number of hydrogen-bond donors (Lipinski definition) is 3. The van der Waals surface area contributed by atoms with Crippen molar-refractivity contribution in [3.63, 3.8) is 0 Å². The lowest BCUT2D eigenvalue weighted by Gasteiger charge is -2.21. The molecule has 3 N–H and O–H groups in total. The van der Waals surface area contributed by atoms with Gasteiger partial charge in [-0.05, 0) is 74.4 Å². The van der Waals surface area contributed by atoms with Crippen molar-refractivity contribution in [1.82, 2.24) is 5.43 Å². The van der Waals surface area contributed by atoms with Crippen LogP contribution in [0, 0.1) is 13.8 Å². The van der Waals surface area contributed by atoms with E-state index in [0.717, 1.165) is 27.9 Å².